The molecule has 0 bridgehead atoms. The first-order valence-electron chi connectivity index (χ1n) is 6.36. The van der Waals surface area contributed by atoms with E-state index in [2.05, 4.69) is 24.1 Å². The van der Waals surface area contributed by atoms with Crippen LogP contribution in [0.25, 0.3) is 0 Å². The smallest absolute Gasteiger partial charge is 0.0897 e. The maximum atomic E-state index is 4.28. The highest BCUT2D eigenvalue weighted by molar-refractivity contribution is 7.11. The van der Waals surface area contributed by atoms with E-state index in [1.807, 2.05) is 6.20 Å². The molecular weight excluding hydrogens is 216 g/mol. The third-order valence-corrected chi connectivity index (χ3v) is 4.80. The Balaban J connectivity index is 1.78. The Hall–Kier alpha value is -0.410. The van der Waals surface area contributed by atoms with E-state index in [0.29, 0.717) is 5.41 Å². The molecule has 0 atom stereocenters. The normalized spacial score (nSPS) is 19.1. The SMILES string of the molecule is CCC1(CNCc2cnc(C)s2)CCCC1. The van der Waals surface area contributed by atoms with Crippen molar-refractivity contribution < 1.29 is 0 Å². The predicted octanol–water partition coefficient (Wildman–Crippen LogP) is 3.51. The third kappa shape index (κ3) is 2.83. The van der Waals surface area contributed by atoms with Crippen LogP contribution in [-0.2, 0) is 6.54 Å². The second-order valence-electron chi connectivity index (χ2n) is 5.01. The molecule has 90 valence electrons. The van der Waals surface area contributed by atoms with Crippen LogP contribution in [-0.4, -0.2) is 11.5 Å². The van der Waals surface area contributed by atoms with Gasteiger partial charge in [-0.05, 0) is 31.6 Å². The molecule has 0 saturated heterocycles. The summed E-state index contributed by atoms with van der Waals surface area (Å²) >= 11 is 1.80. The van der Waals surface area contributed by atoms with Gasteiger partial charge < -0.3 is 5.32 Å². The van der Waals surface area contributed by atoms with Crippen molar-refractivity contribution in [3.05, 3.63) is 16.1 Å². The Morgan fingerprint density at radius 2 is 2.19 bits per heavy atom. The van der Waals surface area contributed by atoms with Gasteiger partial charge in [0, 0.05) is 24.2 Å². The van der Waals surface area contributed by atoms with Crippen LogP contribution >= 0.6 is 11.3 Å². The monoisotopic (exact) mass is 238 g/mol. The summed E-state index contributed by atoms with van der Waals surface area (Å²) in [5.41, 5.74) is 0.597. The molecule has 0 aliphatic heterocycles. The minimum atomic E-state index is 0.597. The molecule has 1 saturated carbocycles. The maximum Gasteiger partial charge on any atom is 0.0897 e. The molecule has 2 rings (SSSR count). The molecule has 16 heavy (non-hydrogen) atoms. The minimum Gasteiger partial charge on any atom is -0.311 e. The van der Waals surface area contributed by atoms with Crippen molar-refractivity contribution in [3.63, 3.8) is 0 Å². The summed E-state index contributed by atoms with van der Waals surface area (Å²) in [6, 6.07) is 0. The molecule has 1 aliphatic carbocycles. The van der Waals surface area contributed by atoms with E-state index in [9.17, 15) is 0 Å². The number of thiazole rings is 1. The van der Waals surface area contributed by atoms with Gasteiger partial charge in [0.1, 0.15) is 0 Å². The fourth-order valence-corrected chi connectivity index (χ4v) is 3.48. The summed E-state index contributed by atoms with van der Waals surface area (Å²) in [4.78, 5) is 5.65. The first-order valence-corrected chi connectivity index (χ1v) is 7.18. The van der Waals surface area contributed by atoms with E-state index in [0.717, 1.165) is 6.54 Å². The van der Waals surface area contributed by atoms with E-state index in [4.69, 9.17) is 0 Å². The Morgan fingerprint density at radius 1 is 1.44 bits per heavy atom. The minimum absolute atomic E-state index is 0.597. The number of aromatic nitrogens is 1. The number of aryl methyl sites for hydroxylation is 1. The Bertz CT molecular complexity index is 326. The first kappa shape index (κ1) is 12.1. The van der Waals surface area contributed by atoms with Crippen molar-refractivity contribution in [1.82, 2.24) is 10.3 Å². The van der Waals surface area contributed by atoms with E-state index in [1.165, 1.54) is 48.5 Å². The average Bonchev–Trinajstić information content (AvgIpc) is 2.89. The van der Waals surface area contributed by atoms with Crippen molar-refractivity contribution in [2.45, 2.75) is 52.5 Å². The molecule has 0 amide bonds. The second-order valence-corrected chi connectivity index (χ2v) is 6.33. The largest absolute Gasteiger partial charge is 0.311 e. The Kier molecular flexibility index (Phi) is 3.98. The highest BCUT2D eigenvalue weighted by Gasteiger charge is 2.31. The Morgan fingerprint density at radius 3 is 2.75 bits per heavy atom. The van der Waals surface area contributed by atoms with Crippen LogP contribution in [0.1, 0.15) is 48.9 Å². The van der Waals surface area contributed by atoms with Crippen LogP contribution < -0.4 is 5.32 Å². The molecule has 2 nitrogen and oxygen atoms in total. The van der Waals surface area contributed by atoms with Crippen molar-refractivity contribution in [1.29, 1.82) is 0 Å². The molecular formula is C13H22N2S. The number of hydrogen-bond acceptors (Lipinski definition) is 3. The molecule has 3 heteroatoms. The van der Waals surface area contributed by atoms with Gasteiger partial charge in [-0.15, -0.1) is 11.3 Å². The van der Waals surface area contributed by atoms with Gasteiger partial charge >= 0.3 is 0 Å². The zero-order valence-electron chi connectivity index (χ0n) is 10.4. The summed E-state index contributed by atoms with van der Waals surface area (Å²) in [5.74, 6) is 0. The molecule has 1 N–H and O–H groups in total. The van der Waals surface area contributed by atoms with Crippen LogP contribution in [0.2, 0.25) is 0 Å². The van der Waals surface area contributed by atoms with Crippen molar-refractivity contribution in [2.75, 3.05) is 6.54 Å². The molecule has 1 fully saturated rings. The fraction of sp³-hybridized carbons (Fsp3) is 0.769. The van der Waals surface area contributed by atoms with E-state index in [1.54, 1.807) is 11.3 Å². The molecule has 0 spiro atoms. The molecule has 0 unspecified atom stereocenters. The third-order valence-electron chi connectivity index (χ3n) is 3.88. The summed E-state index contributed by atoms with van der Waals surface area (Å²) in [6.07, 6.45) is 9.00. The van der Waals surface area contributed by atoms with Gasteiger partial charge in [0.05, 0.1) is 5.01 Å². The fourth-order valence-electron chi connectivity index (χ4n) is 2.72. The van der Waals surface area contributed by atoms with Gasteiger partial charge in [0.2, 0.25) is 0 Å². The van der Waals surface area contributed by atoms with Crippen LogP contribution in [0.15, 0.2) is 6.20 Å². The first-order chi connectivity index (χ1) is 7.74. The van der Waals surface area contributed by atoms with Gasteiger partial charge in [-0.3, -0.25) is 0 Å². The lowest BCUT2D eigenvalue weighted by Crippen LogP contribution is -2.31. The predicted molar refractivity (Wildman–Crippen MR) is 69.7 cm³/mol. The maximum absolute atomic E-state index is 4.28. The van der Waals surface area contributed by atoms with E-state index >= 15 is 0 Å². The molecule has 1 heterocycles. The molecule has 0 aromatic carbocycles. The highest BCUT2D eigenvalue weighted by Crippen LogP contribution is 2.40. The van der Waals surface area contributed by atoms with Gasteiger partial charge in [-0.2, -0.15) is 0 Å². The van der Waals surface area contributed by atoms with Gasteiger partial charge in [0.15, 0.2) is 0 Å². The number of hydrogen-bond donors (Lipinski definition) is 1. The second kappa shape index (κ2) is 5.28. The summed E-state index contributed by atoms with van der Waals surface area (Å²) in [7, 11) is 0. The van der Waals surface area contributed by atoms with Crippen molar-refractivity contribution in [2.24, 2.45) is 5.41 Å². The van der Waals surface area contributed by atoms with Crippen LogP contribution in [0, 0.1) is 12.3 Å². The zero-order valence-corrected chi connectivity index (χ0v) is 11.2. The molecule has 0 radical (unpaired) electrons. The van der Waals surface area contributed by atoms with Gasteiger partial charge in [-0.25, -0.2) is 4.98 Å². The van der Waals surface area contributed by atoms with Crippen molar-refractivity contribution >= 4 is 11.3 Å². The van der Waals surface area contributed by atoms with Gasteiger partial charge in [0.25, 0.3) is 0 Å². The molecule has 1 aromatic rings. The van der Waals surface area contributed by atoms with E-state index < -0.39 is 0 Å². The van der Waals surface area contributed by atoms with Gasteiger partial charge in [-0.1, -0.05) is 19.8 Å². The summed E-state index contributed by atoms with van der Waals surface area (Å²) < 4.78 is 0. The van der Waals surface area contributed by atoms with Crippen LogP contribution in [0.5, 0.6) is 0 Å². The summed E-state index contributed by atoms with van der Waals surface area (Å²) in [6.45, 7) is 6.58. The summed E-state index contributed by atoms with van der Waals surface area (Å²) in [5, 5.41) is 4.79. The number of rotatable bonds is 5. The zero-order chi connectivity index (χ0) is 11.4. The number of nitrogens with one attached hydrogen (secondary N) is 1. The van der Waals surface area contributed by atoms with Crippen LogP contribution in [0.3, 0.4) is 0 Å². The molecule has 1 aliphatic rings. The van der Waals surface area contributed by atoms with Crippen molar-refractivity contribution in [3.8, 4) is 0 Å². The quantitative estimate of drug-likeness (QED) is 0.849. The lowest BCUT2D eigenvalue weighted by Gasteiger charge is -2.27. The van der Waals surface area contributed by atoms with E-state index in [-0.39, 0.29) is 0 Å². The average molecular weight is 238 g/mol. The van der Waals surface area contributed by atoms with Crippen LogP contribution in [0.4, 0.5) is 0 Å². The topological polar surface area (TPSA) is 24.9 Å². The highest BCUT2D eigenvalue weighted by atomic mass is 32.1. The lowest BCUT2D eigenvalue weighted by molar-refractivity contribution is 0.268. The molecule has 1 aromatic heterocycles. The standard InChI is InChI=1S/C13H22N2S/c1-3-13(6-4-5-7-13)10-14-8-12-9-15-11(2)16-12/h9,14H,3-8,10H2,1-2H3. The Labute approximate surface area is 102 Å². The lowest BCUT2D eigenvalue weighted by atomic mass is 9.83. The number of nitrogens with zero attached hydrogens (tertiary/aromatic N) is 1.